The van der Waals surface area contributed by atoms with Crippen LogP contribution in [0.1, 0.15) is 13.8 Å². The van der Waals surface area contributed by atoms with Crippen molar-refractivity contribution in [2.24, 2.45) is 0 Å². The molecule has 0 amide bonds. The monoisotopic (exact) mass is 342 g/mol. The largest absolute Gasteiger partial charge is 0.465 e. The molecule has 0 saturated carbocycles. The molecular formula is C18H18N2O3S. The van der Waals surface area contributed by atoms with Gasteiger partial charge in [0.25, 0.3) is 5.56 Å². The van der Waals surface area contributed by atoms with E-state index in [0.29, 0.717) is 29.2 Å². The van der Waals surface area contributed by atoms with Crippen LogP contribution in [0, 0.1) is 0 Å². The summed E-state index contributed by atoms with van der Waals surface area (Å²) in [5, 5.41) is 3.18. The van der Waals surface area contributed by atoms with Crippen molar-refractivity contribution in [3.63, 3.8) is 0 Å². The number of hydrogen-bond donors (Lipinski definition) is 0. The number of fused-ring (bicyclic) bond motifs is 2. The minimum Gasteiger partial charge on any atom is -0.465 e. The van der Waals surface area contributed by atoms with Gasteiger partial charge in [-0.25, -0.2) is 4.98 Å². The Bertz CT molecular complexity index is 966. The van der Waals surface area contributed by atoms with Crippen LogP contribution in [0.4, 0.5) is 0 Å². The van der Waals surface area contributed by atoms with Gasteiger partial charge in [0.05, 0.1) is 23.3 Å². The fourth-order valence-corrected chi connectivity index (χ4v) is 3.46. The van der Waals surface area contributed by atoms with Gasteiger partial charge in [-0.15, -0.1) is 0 Å². The van der Waals surface area contributed by atoms with Crippen LogP contribution in [-0.2, 0) is 16.1 Å². The van der Waals surface area contributed by atoms with Crippen LogP contribution >= 0.6 is 11.8 Å². The molecule has 0 radical (unpaired) electrons. The average Bonchev–Trinajstić information content (AvgIpc) is 2.59. The number of esters is 1. The number of aromatic nitrogens is 2. The summed E-state index contributed by atoms with van der Waals surface area (Å²) >= 11 is 1.23. The van der Waals surface area contributed by atoms with Gasteiger partial charge in [0, 0.05) is 6.54 Å². The molecule has 0 unspecified atom stereocenters. The second-order valence-corrected chi connectivity index (χ2v) is 6.20. The van der Waals surface area contributed by atoms with E-state index in [0.717, 1.165) is 10.8 Å². The Balaban J connectivity index is 2.10. The number of carbonyl (C=O) groups excluding carboxylic acids is 1. The van der Waals surface area contributed by atoms with E-state index in [-0.39, 0.29) is 17.3 Å². The van der Waals surface area contributed by atoms with Crippen LogP contribution in [-0.4, -0.2) is 27.9 Å². The van der Waals surface area contributed by atoms with Crippen molar-refractivity contribution in [1.29, 1.82) is 0 Å². The third-order valence-corrected chi connectivity index (χ3v) is 4.68. The number of nitrogens with zero attached hydrogens (tertiary/aromatic N) is 2. The molecule has 24 heavy (non-hydrogen) atoms. The van der Waals surface area contributed by atoms with Crippen molar-refractivity contribution in [2.75, 3.05) is 12.4 Å². The van der Waals surface area contributed by atoms with Gasteiger partial charge in [-0.3, -0.25) is 14.2 Å². The molecule has 3 rings (SSSR count). The summed E-state index contributed by atoms with van der Waals surface area (Å²) in [5.41, 5.74) is 0.564. The zero-order valence-electron chi connectivity index (χ0n) is 13.6. The Kier molecular flexibility index (Phi) is 4.85. The van der Waals surface area contributed by atoms with Gasteiger partial charge in [-0.1, -0.05) is 36.0 Å². The summed E-state index contributed by atoms with van der Waals surface area (Å²) in [7, 11) is 0. The van der Waals surface area contributed by atoms with Crippen molar-refractivity contribution >= 4 is 39.4 Å². The standard InChI is InChI=1S/C18H18N2O3S/c1-3-20-17(22)14-9-12-7-5-6-8-13(12)10-15(14)19-18(20)24-11-16(21)23-4-2/h5-10H,3-4,11H2,1-2H3. The van der Waals surface area contributed by atoms with Crippen molar-refractivity contribution in [2.45, 2.75) is 25.5 Å². The molecule has 1 heterocycles. The first-order valence-electron chi connectivity index (χ1n) is 7.85. The van der Waals surface area contributed by atoms with Gasteiger partial charge in [0.2, 0.25) is 0 Å². The number of thioether (sulfide) groups is 1. The number of ether oxygens (including phenoxy) is 1. The molecule has 3 aromatic rings. The predicted octanol–water partition coefficient (Wildman–Crippen LogP) is 3.22. The molecule has 0 fully saturated rings. The van der Waals surface area contributed by atoms with E-state index in [1.54, 1.807) is 11.5 Å². The Labute approximate surface area is 143 Å². The van der Waals surface area contributed by atoms with E-state index in [1.165, 1.54) is 11.8 Å². The Morgan fingerprint density at radius 1 is 1.21 bits per heavy atom. The first kappa shape index (κ1) is 16.5. The third kappa shape index (κ3) is 3.14. The molecule has 2 aromatic carbocycles. The summed E-state index contributed by atoms with van der Waals surface area (Å²) in [6, 6.07) is 11.7. The second-order valence-electron chi connectivity index (χ2n) is 5.25. The second kappa shape index (κ2) is 7.05. The topological polar surface area (TPSA) is 61.2 Å². The highest BCUT2D eigenvalue weighted by Crippen LogP contribution is 2.22. The summed E-state index contributed by atoms with van der Waals surface area (Å²) < 4.78 is 6.54. The molecule has 0 aliphatic carbocycles. The number of carbonyl (C=O) groups is 1. The van der Waals surface area contributed by atoms with Crippen LogP contribution in [0.3, 0.4) is 0 Å². The molecule has 0 aliphatic rings. The first-order valence-corrected chi connectivity index (χ1v) is 8.84. The molecule has 0 bridgehead atoms. The van der Waals surface area contributed by atoms with Crippen molar-refractivity contribution in [3.8, 4) is 0 Å². The van der Waals surface area contributed by atoms with E-state index in [1.807, 2.05) is 43.3 Å². The summed E-state index contributed by atoms with van der Waals surface area (Å²) in [5.74, 6) is -0.169. The molecule has 0 spiro atoms. The lowest BCUT2D eigenvalue weighted by molar-refractivity contribution is -0.139. The SMILES string of the molecule is CCOC(=O)CSc1nc2cc3ccccc3cc2c(=O)n1CC. The highest BCUT2D eigenvalue weighted by molar-refractivity contribution is 7.99. The molecule has 6 heteroatoms. The molecule has 0 aliphatic heterocycles. The highest BCUT2D eigenvalue weighted by Gasteiger charge is 2.13. The lowest BCUT2D eigenvalue weighted by Gasteiger charge is -2.11. The van der Waals surface area contributed by atoms with E-state index < -0.39 is 0 Å². The summed E-state index contributed by atoms with van der Waals surface area (Å²) in [6.45, 7) is 4.51. The van der Waals surface area contributed by atoms with E-state index in [9.17, 15) is 9.59 Å². The summed E-state index contributed by atoms with van der Waals surface area (Å²) in [4.78, 5) is 29.0. The maximum absolute atomic E-state index is 12.8. The molecule has 0 N–H and O–H groups in total. The van der Waals surface area contributed by atoms with Gasteiger partial charge in [0.1, 0.15) is 0 Å². The Morgan fingerprint density at radius 2 is 1.92 bits per heavy atom. The van der Waals surface area contributed by atoms with Gasteiger partial charge in [-0.05, 0) is 36.8 Å². The Morgan fingerprint density at radius 3 is 2.58 bits per heavy atom. The molecule has 1 aromatic heterocycles. The minimum absolute atomic E-state index is 0.0837. The predicted molar refractivity (Wildman–Crippen MR) is 96.5 cm³/mol. The lowest BCUT2D eigenvalue weighted by Crippen LogP contribution is -2.23. The molecule has 0 atom stereocenters. The van der Waals surface area contributed by atoms with Gasteiger partial charge in [0.15, 0.2) is 5.16 Å². The van der Waals surface area contributed by atoms with E-state index in [4.69, 9.17) is 4.74 Å². The lowest BCUT2D eigenvalue weighted by atomic mass is 10.1. The zero-order chi connectivity index (χ0) is 17.1. The number of benzene rings is 2. The van der Waals surface area contributed by atoms with Crippen LogP contribution < -0.4 is 5.56 Å². The number of hydrogen-bond acceptors (Lipinski definition) is 5. The van der Waals surface area contributed by atoms with Crippen molar-refractivity contribution in [3.05, 3.63) is 46.8 Å². The first-order chi connectivity index (χ1) is 11.6. The van der Waals surface area contributed by atoms with Crippen LogP contribution in [0.2, 0.25) is 0 Å². The fourth-order valence-electron chi connectivity index (χ4n) is 2.60. The Hall–Kier alpha value is -2.34. The molecule has 5 nitrogen and oxygen atoms in total. The third-order valence-electron chi connectivity index (χ3n) is 3.73. The quantitative estimate of drug-likeness (QED) is 0.308. The maximum atomic E-state index is 12.8. The molecule has 0 saturated heterocycles. The maximum Gasteiger partial charge on any atom is 0.316 e. The van der Waals surface area contributed by atoms with Crippen molar-refractivity contribution in [1.82, 2.24) is 9.55 Å². The van der Waals surface area contributed by atoms with Gasteiger partial charge >= 0.3 is 5.97 Å². The zero-order valence-corrected chi connectivity index (χ0v) is 14.4. The molecular weight excluding hydrogens is 324 g/mol. The van der Waals surface area contributed by atoms with Crippen LogP contribution in [0.25, 0.3) is 21.7 Å². The van der Waals surface area contributed by atoms with E-state index in [2.05, 4.69) is 4.98 Å². The van der Waals surface area contributed by atoms with Crippen molar-refractivity contribution < 1.29 is 9.53 Å². The highest BCUT2D eigenvalue weighted by atomic mass is 32.2. The molecule has 124 valence electrons. The number of rotatable bonds is 5. The minimum atomic E-state index is -0.307. The van der Waals surface area contributed by atoms with Gasteiger partial charge in [-0.2, -0.15) is 0 Å². The van der Waals surface area contributed by atoms with Crippen LogP contribution in [0.15, 0.2) is 46.3 Å². The normalized spacial score (nSPS) is 11.1. The summed E-state index contributed by atoms with van der Waals surface area (Å²) in [6.07, 6.45) is 0. The average molecular weight is 342 g/mol. The smallest absolute Gasteiger partial charge is 0.316 e. The van der Waals surface area contributed by atoms with Gasteiger partial charge < -0.3 is 4.74 Å². The van der Waals surface area contributed by atoms with E-state index >= 15 is 0 Å². The fraction of sp³-hybridized carbons (Fsp3) is 0.278. The van der Waals surface area contributed by atoms with Crippen LogP contribution in [0.5, 0.6) is 0 Å².